The van der Waals surface area contributed by atoms with E-state index in [4.69, 9.17) is 0 Å². The van der Waals surface area contributed by atoms with E-state index in [-0.39, 0.29) is 18.2 Å². The van der Waals surface area contributed by atoms with Crippen molar-refractivity contribution in [1.82, 2.24) is 19.6 Å². The van der Waals surface area contributed by atoms with E-state index in [1.54, 1.807) is 6.20 Å². The SMILES string of the molecule is CCc1c(CC(=O)O)c2ccccc2n1CCn1nncc1C(C1=CC=C(F)CC1)C1=CCC(F)CC1. The molecule has 0 aliphatic heterocycles. The number of para-hydroxylation sites is 1. The van der Waals surface area contributed by atoms with Crippen LogP contribution in [-0.2, 0) is 30.7 Å². The Kier molecular flexibility index (Phi) is 7.35. The van der Waals surface area contributed by atoms with Gasteiger partial charge in [0.15, 0.2) is 0 Å². The van der Waals surface area contributed by atoms with Crippen LogP contribution < -0.4 is 0 Å². The number of fused-ring (bicyclic) bond motifs is 1. The van der Waals surface area contributed by atoms with Crippen molar-refractivity contribution in [1.29, 1.82) is 0 Å². The van der Waals surface area contributed by atoms with Gasteiger partial charge in [0, 0.05) is 35.5 Å². The Bertz CT molecular complexity index is 1400. The Morgan fingerprint density at radius 1 is 1.16 bits per heavy atom. The number of hydrogen-bond acceptors (Lipinski definition) is 3. The van der Waals surface area contributed by atoms with Gasteiger partial charge in [-0.1, -0.05) is 53.6 Å². The average Bonchev–Trinajstić information content (AvgIpc) is 3.47. The predicted octanol–water partition coefficient (Wildman–Crippen LogP) is 6.23. The Labute approximate surface area is 215 Å². The lowest BCUT2D eigenvalue weighted by atomic mass is 9.79. The van der Waals surface area contributed by atoms with Crippen LogP contribution in [0.15, 0.2) is 65.7 Å². The lowest BCUT2D eigenvalue weighted by Gasteiger charge is -2.28. The highest BCUT2D eigenvalue weighted by Gasteiger charge is 2.29. The predicted molar refractivity (Wildman–Crippen MR) is 139 cm³/mol. The normalized spacial score (nSPS) is 18.9. The molecule has 6 nitrogen and oxygen atoms in total. The van der Waals surface area contributed by atoms with Gasteiger partial charge in [0.05, 0.1) is 24.9 Å². The van der Waals surface area contributed by atoms with E-state index >= 15 is 0 Å². The fourth-order valence-electron chi connectivity index (χ4n) is 5.86. The Morgan fingerprint density at radius 2 is 2.00 bits per heavy atom. The minimum absolute atomic E-state index is 0.0186. The molecule has 2 aliphatic carbocycles. The zero-order chi connectivity index (χ0) is 25.9. The molecule has 8 heteroatoms. The topological polar surface area (TPSA) is 72.9 Å². The third-order valence-electron chi connectivity index (χ3n) is 7.59. The first-order valence-corrected chi connectivity index (χ1v) is 13.0. The molecule has 0 fully saturated rings. The Balaban J connectivity index is 1.49. The molecule has 0 bridgehead atoms. The lowest BCUT2D eigenvalue weighted by Crippen LogP contribution is -2.19. The Hall–Kier alpha value is -3.55. The fraction of sp³-hybridized carbons (Fsp3) is 0.414. The molecular formula is C29H32F2N4O2. The van der Waals surface area contributed by atoms with Crippen LogP contribution in [0.1, 0.15) is 61.9 Å². The van der Waals surface area contributed by atoms with Gasteiger partial charge < -0.3 is 9.67 Å². The zero-order valence-corrected chi connectivity index (χ0v) is 21.0. The van der Waals surface area contributed by atoms with Gasteiger partial charge in [-0.15, -0.1) is 5.10 Å². The van der Waals surface area contributed by atoms with Crippen LogP contribution in [0.25, 0.3) is 10.9 Å². The van der Waals surface area contributed by atoms with Crippen molar-refractivity contribution in [2.24, 2.45) is 0 Å². The van der Waals surface area contributed by atoms with Crippen LogP contribution in [0.2, 0.25) is 0 Å². The van der Waals surface area contributed by atoms with Gasteiger partial charge in [-0.25, -0.2) is 13.5 Å². The molecular weight excluding hydrogens is 474 g/mol. The molecule has 194 valence electrons. The van der Waals surface area contributed by atoms with Gasteiger partial charge in [-0.05, 0) is 49.8 Å². The van der Waals surface area contributed by atoms with Crippen LogP contribution in [0.4, 0.5) is 8.78 Å². The summed E-state index contributed by atoms with van der Waals surface area (Å²) in [6.45, 7) is 3.19. The third kappa shape index (κ3) is 5.15. The fourth-order valence-corrected chi connectivity index (χ4v) is 5.86. The van der Waals surface area contributed by atoms with E-state index in [0.29, 0.717) is 51.6 Å². The highest BCUT2D eigenvalue weighted by Crippen LogP contribution is 2.41. The molecule has 0 amide bonds. The maximum atomic E-state index is 13.9. The number of allylic oxidation sites excluding steroid dienone is 6. The van der Waals surface area contributed by atoms with Crippen LogP contribution in [-0.4, -0.2) is 36.8 Å². The van der Waals surface area contributed by atoms with Crippen molar-refractivity contribution >= 4 is 16.9 Å². The number of aromatic nitrogens is 4. The van der Waals surface area contributed by atoms with E-state index in [1.807, 2.05) is 48.0 Å². The smallest absolute Gasteiger partial charge is 0.307 e. The number of hydrogen-bond donors (Lipinski definition) is 1. The van der Waals surface area contributed by atoms with Crippen LogP contribution in [0, 0.1) is 0 Å². The summed E-state index contributed by atoms with van der Waals surface area (Å²) >= 11 is 0. The number of nitrogens with zero attached hydrogens (tertiary/aromatic N) is 4. The highest BCUT2D eigenvalue weighted by atomic mass is 19.1. The second-order valence-corrected chi connectivity index (χ2v) is 9.84. The van der Waals surface area contributed by atoms with Crippen molar-refractivity contribution in [2.45, 2.75) is 77.0 Å². The number of aryl methyl sites for hydroxylation is 2. The van der Waals surface area contributed by atoms with Crippen LogP contribution in [0.3, 0.4) is 0 Å². The van der Waals surface area contributed by atoms with Crippen molar-refractivity contribution in [3.05, 3.63) is 82.6 Å². The Morgan fingerprint density at radius 3 is 2.70 bits per heavy atom. The minimum Gasteiger partial charge on any atom is -0.481 e. The summed E-state index contributed by atoms with van der Waals surface area (Å²) in [4.78, 5) is 11.6. The van der Waals surface area contributed by atoms with Gasteiger partial charge >= 0.3 is 5.97 Å². The molecule has 0 spiro atoms. The zero-order valence-electron chi connectivity index (χ0n) is 21.0. The van der Waals surface area contributed by atoms with Crippen molar-refractivity contribution in [3.63, 3.8) is 0 Å². The van der Waals surface area contributed by atoms with Gasteiger partial charge in [-0.3, -0.25) is 4.79 Å². The van der Waals surface area contributed by atoms with E-state index in [1.165, 1.54) is 6.08 Å². The highest BCUT2D eigenvalue weighted by molar-refractivity contribution is 5.89. The molecule has 0 saturated heterocycles. The average molecular weight is 507 g/mol. The van der Waals surface area contributed by atoms with E-state index in [2.05, 4.69) is 14.9 Å². The first-order valence-electron chi connectivity index (χ1n) is 13.0. The lowest BCUT2D eigenvalue weighted by molar-refractivity contribution is -0.136. The maximum Gasteiger partial charge on any atom is 0.307 e. The standard InChI is InChI=1S/C29H32F2N4O2/c1-2-25-24(17-28(36)37)23-5-3-4-6-26(23)34(25)15-16-35-27(18-32-33-35)29(19-7-11-21(30)12-8-19)20-9-13-22(31)14-10-20/h3-7,9,11,18,22,29H,2,8,10,12-17H2,1H3,(H,36,37). The molecule has 5 rings (SSSR count). The minimum atomic E-state index is -0.846. The number of aliphatic carboxylic acids is 1. The van der Waals surface area contributed by atoms with Crippen molar-refractivity contribution in [2.75, 3.05) is 0 Å². The van der Waals surface area contributed by atoms with Gasteiger partial charge in [0.2, 0.25) is 0 Å². The van der Waals surface area contributed by atoms with E-state index in [0.717, 1.165) is 39.0 Å². The summed E-state index contributed by atoms with van der Waals surface area (Å²) in [6, 6.07) is 7.91. The monoisotopic (exact) mass is 506 g/mol. The number of rotatable bonds is 9. The molecule has 2 aliphatic rings. The molecule has 0 radical (unpaired) electrons. The first kappa shape index (κ1) is 25.1. The van der Waals surface area contributed by atoms with Crippen LogP contribution in [0.5, 0.6) is 0 Å². The number of carboxylic acid groups (broad SMARTS) is 1. The molecule has 37 heavy (non-hydrogen) atoms. The van der Waals surface area contributed by atoms with Gasteiger partial charge in [-0.2, -0.15) is 0 Å². The molecule has 2 aromatic heterocycles. The summed E-state index contributed by atoms with van der Waals surface area (Å²) in [5.74, 6) is -1.08. The number of carbonyl (C=O) groups is 1. The largest absolute Gasteiger partial charge is 0.481 e. The van der Waals surface area contributed by atoms with Crippen molar-refractivity contribution < 1.29 is 18.7 Å². The van der Waals surface area contributed by atoms with Crippen molar-refractivity contribution in [3.8, 4) is 0 Å². The van der Waals surface area contributed by atoms with E-state index < -0.39 is 12.1 Å². The summed E-state index contributed by atoms with van der Waals surface area (Å²) in [6.07, 6.45) is 9.55. The molecule has 2 unspecified atom stereocenters. The molecule has 3 aromatic rings. The molecule has 0 saturated carbocycles. The third-order valence-corrected chi connectivity index (χ3v) is 7.59. The summed E-state index contributed by atoms with van der Waals surface area (Å²) in [5, 5.41) is 19.1. The van der Waals surface area contributed by atoms with Gasteiger partial charge in [0.25, 0.3) is 0 Å². The number of alkyl halides is 1. The second-order valence-electron chi connectivity index (χ2n) is 9.84. The summed E-state index contributed by atoms with van der Waals surface area (Å²) in [5.41, 5.74) is 6.04. The van der Waals surface area contributed by atoms with Gasteiger partial charge in [0.1, 0.15) is 12.0 Å². The summed E-state index contributed by atoms with van der Waals surface area (Å²) in [7, 11) is 0. The number of benzene rings is 1. The summed E-state index contributed by atoms with van der Waals surface area (Å²) < 4.78 is 31.8. The molecule has 1 N–H and O–H groups in total. The van der Waals surface area contributed by atoms with Crippen LogP contribution >= 0.6 is 0 Å². The molecule has 1 aromatic carbocycles. The second kappa shape index (κ2) is 10.8. The maximum absolute atomic E-state index is 13.9. The quantitative estimate of drug-likeness (QED) is 0.349. The van der Waals surface area contributed by atoms with E-state index in [9.17, 15) is 18.7 Å². The number of carboxylic acids is 1. The number of halogens is 2. The first-order chi connectivity index (χ1) is 18.0. The molecule has 2 heterocycles. The molecule has 2 atom stereocenters.